The van der Waals surface area contributed by atoms with Crippen molar-refractivity contribution in [3.8, 4) is 5.75 Å². The smallest absolute Gasteiger partial charge is 0.310 e. The van der Waals surface area contributed by atoms with E-state index in [1.807, 2.05) is 12.1 Å². The molecule has 0 unspecified atom stereocenters. The van der Waals surface area contributed by atoms with Crippen LogP contribution in [0.4, 0.5) is 0 Å². The number of hydrogen-bond acceptors (Lipinski definition) is 4. The van der Waals surface area contributed by atoms with Gasteiger partial charge in [-0.25, -0.2) is 0 Å². The van der Waals surface area contributed by atoms with E-state index in [1.54, 1.807) is 12.1 Å². The van der Waals surface area contributed by atoms with E-state index in [-0.39, 0.29) is 24.5 Å². The van der Waals surface area contributed by atoms with Gasteiger partial charge >= 0.3 is 5.97 Å². The van der Waals surface area contributed by atoms with Crippen LogP contribution in [0, 0.1) is 0 Å². The highest BCUT2D eigenvalue weighted by molar-refractivity contribution is 5.82. The molecule has 0 saturated carbocycles. The lowest BCUT2D eigenvalue weighted by atomic mass is 10.1. The lowest BCUT2D eigenvalue weighted by Gasteiger charge is -2.28. The maximum absolute atomic E-state index is 11.2. The lowest BCUT2D eigenvalue weighted by molar-refractivity contribution is -0.140. The van der Waals surface area contributed by atoms with Crippen LogP contribution in [0.3, 0.4) is 0 Å². The Morgan fingerprint density at radius 1 is 1.47 bits per heavy atom. The van der Waals surface area contributed by atoms with Crippen molar-refractivity contribution in [3.63, 3.8) is 0 Å². The zero-order valence-corrected chi connectivity index (χ0v) is 9.43. The van der Waals surface area contributed by atoms with Crippen molar-refractivity contribution in [2.24, 2.45) is 0 Å². The second-order valence-electron chi connectivity index (χ2n) is 3.74. The SMILES string of the molecule is COC(=O)Cc1ccccc1O[C@@H]1CC(=O)N1. The number of ether oxygens (including phenoxy) is 2. The Kier molecular flexibility index (Phi) is 3.27. The number of methoxy groups -OCH3 is 1. The zero-order valence-electron chi connectivity index (χ0n) is 9.43. The molecule has 5 heteroatoms. The van der Waals surface area contributed by atoms with Crippen LogP contribution < -0.4 is 10.1 Å². The average Bonchev–Trinajstić information content (AvgIpc) is 2.29. The Morgan fingerprint density at radius 3 is 2.82 bits per heavy atom. The summed E-state index contributed by atoms with van der Waals surface area (Å²) >= 11 is 0. The molecular formula is C12H13NO4. The highest BCUT2D eigenvalue weighted by atomic mass is 16.5. The molecule has 1 aromatic carbocycles. The van der Waals surface area contributed by atoms with E-state index >= 15 is 0 Å². The van der Waals surface area contributed by atoms with Gasteiger partial charge in [0.25, 0.3) is 0 Å². The number of para-hydroxylation sites is 1. The maximum Gasteiger partial charge on any atom is 0.310 e. The van der Waals surface area contributed by atoms with Gasteiger partial charge in [-0.2, -0.15) is 0 Å². The molecule has 2 rings (SSSR count). The van der Waals surface area contributed by atoms with Crippen LogP contribution in [-0.4, -0.2) is 25.2 Å². The second kappa shape index (κ2) is 4.86. The third kappa shape index (κ3) is 2.75. The number of β-lactam (4-membered cyclic amide) rings is 1. The summed E-state index contributed by atoms with van der Waals surface area (Å²) in [5.74, 6) is 0.252. The number of benzene rings is 1. The number of esters is 1. The van der Waals surface area contributed by atoms with Gasteiger partial charge < -0.3 is 14.8 Å². The molecule has 0 spiro atoms. The van der Waals surface area contributed by atoms with E-state index in [9.17, 15) is 9.59 Å². The molecule has 1 fully saturated rings. The van der Waals surface area contributed by atoms with Gasteiger partial charge in [0.15, 0.2) is 6.23 Å². The second-order valence-corrected chi connectivity index (χ2v) is 3.74. The predicted octanol–water partition coefficient (Wildman–Crippen LogP) is 0.627. The van der Waals surface area contributed by atoms with E-state index < -0.39 is 0 Å². The van der Waals surface area contributed by atoms with Crippen LogP contribution in [0.2, 0.25) is 0 Å². The first kappa shape index (κ1) is 11.4. The third-order valence-corrected chi connectivity index (χ3v) is 2.50. The van der Waals surface area contributed by atoms with Gasteiger partial charge in [0, 0.05) is 5.56 Å². The minimum Gasteiger partial charge on any atom is -0.470 e. The molecule has 90 valence electrons. The molecule has 0 aromatic heterocycles. The summed E-state index contributed by atoms with van der Waals surface area (Å²) in [5, 5.41) is 2.61. The number of rotatable bonds is 4. The van der Waals surface area contributed by atoms with Crippen LogP contribution in [0.5, 0.6) is 5.75 Å². The first-order chi connectivity index (χ1) is 8.19. The van der Waals surface area contributed by atoms with Gasteiger partial charge in [-0.1, -0.05) is 18.2 Å². The van der Waals surface area contributed by atoms with E-state index in [0.717, 1.165) is 5.56 Å². The Balaban J connectivity index is 2.05. The van der Waals surface area contributed by atoms with Crippen LogP contribution >= 0.6 is 0 Å². The molecule has 1 aliphatic heterocycles. The standard InChI is InChI=1S/C12H13NO4/c1-16-12(15)6-8-4-2-3-5-9(8)17-11-7-10(14)13-11/h2-5,11H,6-7H2,1H3,(H,13,14)/t11-/m1/s1. The Hall–Kier alpha value is -2.04. The fourth-order valence-electron chi connectivity index (χ4n) is 1.54. The fraction of sp³-hybridized carbons (Fsp3) is 0.333. The monoisotopic (exact) mass is 235 g/mol. The first-order valence-electron chi connectivity index (χ1n) is 5.30. The molecular weight excluding hydrogens is 222 g/mol. The highest BCUT2D eigenvalue weighted by Crippen LogP contribution is 2.22. The molecule has 1 atom stereocenters. The summed E-state index contributed by atoms with van der Waals surface area (Å²) in [5.41, 5.74) is 0.750. The van der Waals surface area contributed by atoms with Crippen molar-refractivity contribution in [2.45, 2.75) is 19.1 Å². The Morgan fingerprint density at radius 2 is 2.18 bits per heavy atom. The first-order valence-corrected chi connectivity index (χ1v) is 5.30. The number of hydrogen-bond donors (Lipinski definition) is 1. The van der Waals surface area contributed by atoms with E-state index in [4.69, 9.17) is 4.74 Å². The molecule has 1 heterocycles. The van der Waals surface area contributed by atoms with E-state index in [0.29, 0.717) is 12.2 Å². The van der Waals surface area contributed by atoms with Gasteiger partial charge in [0.05, 0.1) is 20.0 Å². The summed E-state index contributed by atoms with van der Waals surface area (Å²) in [6.45, 7) is 0. The summed E-state index contributed by atoms with van der Waals surface area (Å²) in [7, 11) is 1.35. The van der Waals surface area contributed by atoms with Gasteiger partial charge in [-0.3, -0.25) is 9.59 Å². The molecule has 0 aliphatic carbocycles. The topological polar surface area (TPSA) is 64.6 Å². The average molecular weight is 235 g/mol. The molecule has 1 aliphatic rings. The summed E-state index contributed by atoms with van der Waals surface area (Å²) in [6.07, 6.45) is 0.223. The number of carbonyl (C=O) groups is 2. The van der Waals surface area contributed by atoms with Crippen molar-refractivity contribution in [1.29, 1.82) is 0 Å². The van der Waals surface area contributed by atoms with Crippen LogP contribution in [0.25, 0.3) is 0 Å². The van der Waals surface area contributed by atoms with Crippen molar-refractivity contribution >= 4 is 11.9 Å². The quantitative estimate of drug-likeness (QED) is 0.614. The van der Waals surface area contributed by atoms with Gasteiger partial charge in [0.1, 0.15) is 5.75 Å². The van der Waals surface area contributed by atoms with Crippen LogP contribution in [0.1, 0.15) is 12.0 Å². The summed E-state index contributed by atoms with van der Waals surface area (Å²) in [6, 6.07) is 7.20. The highest BCUT2D eigenvalue weighted by Gasteiger charge is 2.27. The number of carbonyl (C=O) groups excluding carboxylic acids is 2. The minimum atomic E-state index is -0.321. The summed E-state index contributed by atoms with van der Waals surface area (Å²) in [4.78, 5) is 22.0. The molecule has 0 bridgehead atoms. The third-order valence-electron chi connectivity index (χ3n) is 2.50. The minimum absolute atomic E-state index is 0.0274. The van der Waals surface area contributed by atoms with Crippen molar-refractivity contribution in [1.82, 2.24) is 5.32 Å². The molecule has 0 radical (unpaired) electrons. The van der Waals surface area contributed by atoms with Crippen molar-refractivity contribution in [3.05, 3.63) is 29.8 Å². The van der Waals surface area contributed by atoms with Crippen LogP contribution in [0.15, 0.2) is 24.3 Å². The molecule has 1 aromatic rings. The molecule has 1 amide bonds. The van der Waals surface area contributed by atoms with Crippen molar-refractivity contribution < 1.29 is 19.1 Å². The van der Waals surface area contributed by atoms with E-state index in [2.05, 4.69) is 10.1 Å². The Bertz CT molecular complexity index is 436. The van der Waals surface area contributed by atoms with Crippen LogP contribution in [-0.2, 0) is 20.7 Å². The predicted molar refractivity (Wildman–Crippen MR) is 59.3 cm³/mol. The zero-order chi connectivity index (χ0) is 12.3. The largest absolute Gasteiger partial charge is 0.470 e. The lowest BCUT2D eigenvalue weighted by Crippen LogP contribution is -2.52. The van der Waals surface area contributed by atoms with E-state index in [1.165, 1.54) is 7.11 Å². The van der Waals surface area contributed by atoms with Gasteiger partial charge in [0.2, 0.25) is 5.91 Å². The van der Waals surface area contributed by atoms with Gasteiger partial charge in [-0.05, 0) is 6.07 Å². The number of amides is 1. The van der Waals surface area contributed by atoms with Gasteiger partial charge in [-0.15, -0.1) is 0 Å². The number of nitrogens with one attached hydrogen (secondary N) is 1. The Labute approximate surface area is 98.7 Å². The maximum atomic E-state index is 11.2. The normalized spacial score (nSPS) is 17.9. The molecule has 1 N–H and O–H groups in total. The fourth-order valence-corrected chi connectivity index (χ4v) is 1.54. The summed E-state index contributed by atoms with van der Waals surface area (Å²) < 4.78 is 10.2. The van der Waals surface area contributed by atoms with Crippen molar-refractivity contribution in [2.75, 3.05) is 7.11 Å². The molecule has 1 saturated heterocycles. The molecule has 5 nitrogen and oxygen atoms in total. The molecule has 17 heavy (non-hydrogen) atoms.